The number of ketones is 1. The first-order valence-electron chi connectivity index (χ1n) is 7.49. The molecule has 1 aromatic heterocycles. The van der Waals surface area contributed by atoms with Crippen molar-refractivity contribution in [3.05, 3.63) is 72.2 Å². The molecule has 24 heavy (non-hydrogen) atoms. The highest BCUT2D eigenvalue weighted by molar-refractivity contribution is 6.04. The lowest BCUT2D eigenvalue weighted by Crippen LogP contribution is -2.20. The first kappa shape index (κ1) is 15.7. The third-order valence-electron chi connectivity index (χ3n) is 3.49. The van der Waals surface area contributed by atoms with Crippen molar-refractivity contribution in [3.63, 3.8) is 0 Å². The molecule has 0 aliphatic heterocycles. The summed E-state index contributed by atoms with van der Waals surface area (Å²) in [6.07, 6.45) is 3.12. The van der Waals surface area contributed by atoms with Crippen LogP contribution in [0.3, 0.4) is 0 Å². The Hall–Kier alpha value is -3.15. The van der Waals surface area contributed by atoms with Gasteiger partial charge in [-0.1, -0.05) is 12.1 Å². The third kappa shape index (κ3) is 3.78. The maximum absolute atomic E-state index is 12.8. The van der Waals surface area contributed by atoms with Crippen LogP contribution < -0.4 is 5.32 Å². The Morgan fingerprint density at radius 2 is 2.00 bits per heavy atom. The van der Waals surface area contributed by atoms with Crippen molar-refractivity contribution in [2.24, 2.45) is 0 Å². The number of benzene rings is 2. The fourth-order valence-corrected chi connectivity index (χ4v) is 2.19. The number of imidazole rings is 1. The molecule has 0 bridgehead atoms. The van der Waals surface area contributed by atoms with Gasteiger partial charge in [0, 0.05) is 24.9 Å². The average Bonchev–Trinajstić information content (AvgIpc) is 3.01. The van der Waals surface area contributed by atoms with E-state index < -0.39 is 0 Å². The number of para-hydroxylation sites is 2. The van der Waals surface area contributed by atoms with Crippen molar-refractivity contribution in [1.29, 1.82) is 0 Å². The number of H-pyrrole nitrogens is 1. The summed E-state index contributed by atoms with van der Waals surface area (Å²) in [7, 11) is 1.84. The third-order valence-corrected chi connectivity index (χ3v) is 3.49. The normalized spacial score (nSPS) is 11.1. The minimum atomic E-state index is -0.359. The van der Waals surface area contributed by atoms with Crippen LogP contribution in [0.2, 0.25) is 0 Å². The Bertz CT molecular complexity index is 837. The van der Waals surface area contributed by atoms with Crippen LogP contribution >= 0.6 is 0 Å². The van der Waals surface area contributed by atoms with Gasteiger partial charge < -0.3 is 15.2 Å². The maximum atomic E-state index is 12.8. The van der Waals surface area contributed by atoms with Crippen molar-refractivity contribution in [2.75, 3.05) is 19.0 Å². The molecule has 0 spiro atoms. The second-order valence-corrected chi connectivity index (χ2v) is 5.38. The van der Waals surface area contributed by atoms with Gasteiger partial charge in [-0.3, -0.25) is 4.79 Å². The van der Waals surface area contributed by atoms with Crippen LogP contribution in [-0.4, -0.2) is 34.4 Å². The number of rotatable bonds is 6. The second-order valence-electron chi connectivity index (χ2n) is 5.38. The van der Waals surface area contributed by atoms with Crippen LogP contribution in [0.5, 0.6) is 0 Å². The Labute approximate surface area is 138 Å². The van der Waals surface area contributed by atoms with E-state index in [1.54, 1.807) is 6.20 Å². The van der Waals surface area contributed by atoms with E-state index in [4.69, 9.17) is 0 Å². The number of hydrogen-bond donors (Lipinski definition) is 2. The number of aromatic nitrogens is 2. The summed E-state index contributed by atoms with van der Waals surface area (Å²) in [4.78, 5) is 21.4. The van der Waals surface area contributed by atoms with Crippen molar-refractivity contribution in [2.45, 2.75) is 0 Å². The van der Waals surface area contributed by atoms with Gasteiger partial charge in [0.2, 0.25) is 5.95 Å². The maximum Gasteiger partial charge on any atom is 0.202 e. The highest BCUT2D eigenvalue weighted by atomic mass is 19.1. The molecule has 0 fully saturated rings. The molecular formula is C18H17FN4O. The zero-order valence-electron chi connectivity index (χ0n) is 13.2. The van der Waals surface area contributed by atoms with E-state index in [1.807, 2.05) is 36.2 Å². The molecule has 0 saturated heterocycles. The second kappa shape index (κ2) is 6.95. The first-order chi connectivity index (χ1) is 11.6. The Balaban J connectivity index is 1.55. The predicted molar refractivity (Wildman–Crippen MR) is 92.2 cm³/mol. The molecule has 0 saturated carbocycles. The number of carbonyl (C=O) groups excluding carboxylic acids is 1. The Kier molecular flexibility index (Phi) is 4.56. The zero-order valence-corrected chi connectivity index (χ0v) is 13.2. The van der Waals surface area contributed by atoms with Gasteiger partial charge in [0.1, 0.15) is 5.82 Å². The molecule has 0 atom stereocenters. The fraction of sp³-hybridized carbons (Fsp3) is 0.111. The van der Waals surface area contributed by atoms with Crippen LogP contribution in [0.15, 0.2) is 60.8 Å². The molecule has 0 aliphatic carbocycles. The van der Waals surface area contributed by atoms with Crippen LogP contribution in [-0.2, 0) is 0 Å². The van der Waals surface area contributed by atoms with Gasteiger partial charge in [0.05, 0.1) is 17.7 Å². The van der Waals surface area contributed by atoms with Crippen molar-refractivity contribution < 1.29 is 9.18 Å². The molecule has 0 aliphatic rings. The molecule has 5 nitrogen and oxygen atoms in total. The van der Waals surface area contributed by atoms with Gasteiger partial charge in [0.25, 0.3) is 0 Å². The summed E-state index contributed by atoms with van der Waals surface area (Å²) >= 11 is 0. The number of carbonyl (C=O) groups is 1. The van der Waals surface area contributed by atoms with Crippen LogP contribution in [0.25, 0.3) is 11.0 Å². The van der Waals surface area contributed by atoms with Crippen LogP contribution in [0.4, 0.5) is 10.3 Å². The molecule has 122 valence electrons. The monoisotopic (exact) mass is 324 g/mol. The highest BCUT2D eigenvalue weighted by Gasteiger charge is 2.03. The number of anilines is 1. The molecule has 3 aromatic rings. The molecular weight excluding hydrogens is 307 g/mol. The lowest BCUT2D eigenvalue weighted by molar-refractivity contribution is 0.104. The minimum Gasteiger partial charge on any atom is -0.363 e. The number of halogens is 1. The molecule has 3 rings (SSSR count). The molecule has 1 heterocycles. The average molecular weight is 324 g/mol. The predicted octanol–water partition coefficient (Wildman–Crippen LogP) is 3.40. The summed E-state index contributed by atoms with van der Waals surface area (Å²) in [6, 6.07) is 13.2. The number of nitrogens with zero attached hydrogens (tertiary/aromatic N) is 2. The number of allylic oxidation sites excluding steroid dienone is 1. The molecule has 2 N–H and O–H groups in total. The van der Waals surface area contributed by atoms with E-state index in [1.165, 1.54) is 30.3 Å². The van der Waals surface area contributed by atoms with Crippen molar-refractivity contribution in [3.8, 4) is 0 Å². The lowest BCUT2D eigenvalue weighted by atomic mass is 10.1. The minimum absolute atomic E-state index is 0.175. The van der Waals surface area contributed by atoms with Gasteiger partial charge in [-0.15, -0.1) is 0 Å². The summed E-state index contributed by atoms with van der Waals surface area (Å²) in [5, 5.41) is 3.15. The topological polar surface area (TPSA) is 61.0 Å². The number of nitrogens with one attached hydrogen (secondary N) is 2. The van der Waals surface area contributed by atoms with Gasteiger partial charge in [0.15, 0.2) is 5.78 Å². The quantitative estimate of drug-likeness (QED) is 0.414. The first-order valence-corrected chi connectivity index (χ1v) is 7.49. The van der Waals surface area contributed by atoms with Crippen molar-refractivity contribution >= 4 is 22.8 Å². The zero-order chi connectivity index (χ0) is 16.9. The number of fused-ring (bicyclic) bond motifs is 1. The molecule has 6 heteroatoms. The number of aromatic amines is 1. The molecule has 2 aromatic carbocycles. The van der Waals surface area contributed by atoms with Crippen molar-refractivity contribution in [1.82, 2.24) is 14.9 Å². The highest BCUT2D eigenvalue weighted by Crippen LogP contribution is 2.13. The molecule has 0 amide bonds. The van der Waals surface area contributed by atoms with E-state index in [0.717, 1.165) is 11.0 Å². The standard InChI is InChI=1S/C18H17FN4O/c1-23(11-10-17(24)13-6-8-14(19)9-7-13)12-20-18-21-15-4-2-3-5-16(15)22-18/h2-11H,12H2,1H3,(H2,20,21,22)/b11-10+. The van der Waals surface area contributed by atoms with E-state index in [9.17, 15) is 9.18 Å². The van der Waals surface area contributed by atoms with Gasteiger partial charge in [-0.2, -0.15) is 0 Å². The smallest absolute Gasteiger partial charge is 0.202 e. The van der Waals surface area contributed by atoms with E-state index in [0.29, 0.717) is 18.2 Å². The van der Waals surface area contributed by atoms with Crippen LogP contribution in [0.1, 0.15) is 10.4 Å². The van der Waals surface area contributed by atoms with Gasteiger partial charge in [-0.05, 0) is 36.4 Å². The summed E-state index contributed by atoms with van der Waals surface area (Å²) in [5.41, 5.74) is 2.31. The summed E-state index contributed by atoms with van der Waals surface area (Å²) in [6.45, 7) is 0.479. The summed E-state index contributed by atoms with van der Waals surface area (Å²) in [5.74, 6) is 0.134. The summed E-state index contributed by atoms with van der Waals surface area (Å²) < 4.78 is 12.8. The van der Waals surface area contributed by atoms with E-state index in [-0.39, 0.29) is 11.6 Å². The Morgan fingerprint density at radius 3 is 2.75 bits per heavy atom. The molecule has 0 radical (unpaired) electrons. The van der Waals surface area contributed by atoms with Gasteiger partial charge >= 0.3 is 0 Å². The van der Waals surface area contributed by atoms with Gasteiger partial charge in [-0.25, -0.2) is 9.37 Å². The van der Waals surface area contributed by atoms with E-state index in [2.05, 4.69) is 15.3 Å². The molecule has 0 unspecified atom stereocenters. The fourth-order valence-electron chi connectivity index (χ4n) is 2.19. The Morgan fingerprint density at radius 1 is 1.25 bits per heavy atom. The number of hydrogen-bond acceptors (Lipinski definition) is 4. The van der Waals surface area contributed by atoms with Crippen LogP contribution in [0, 0.1) is 5.82 Å². The largest absolute Gasteiger partial charge is 0.363 e. The SMILES string of the molecule is CN(/C=C/C(=O)c1ccc(F)cc1)CNc1nc2ccccc2[nH]1. The van der Waals surface area contributed by atoms with E-state index >= 15 is 0 Å². The lowest BCUT2D eigenvalue weighted by Gasteiger charge is -2.14.